The minimum absolute atomic E-state index is 0.0369. The maximum absolute atomic E-state index is 12.0. The summed E-state index contributed by atoms with van der Waals surface area (Å²) in [5.74, 6) is 0.222. The van der Waals surface area contributed by atoms with Gasteiger partial charge in [0.05, 0.1) is 5.56 Å². The summed E-state index contributed by atoms with van der Waals surface area (Å²) in [6.07, 6.45) is -0.722. The van der Waals surface area contributed by atoms with Gasteiger partial charge in [0.15, 0.2) is 0 Å². The molecule has 134 valence electrons. The molecule has 0 saturated heterocycles. The van der Waals surface area contributed by atoms with Crippen LogP contribution in [0.3, 0.4) is 0 Å². The van der Waals surface area contributed by atoms with E-state index in [0.717, 1.165) is 5.56 Å². The van der Waals surface area contributed by atoms with Crippen LogP contribution in [0.2, 0.25) is 0 Å². The SMILES string of the molecule is CC(C)NC[C@@H](O)COC(=O)c1ccc(OCc2ccccc2)cc1. The first-order valence-corrected chi connectivity index (χ1v) is 8.40. The molecule has 0 unspecified atom stereocenters. The molecule has 5 nitrogen and oxygen atoms in total. The van der Waals surface area contributed by atoms with Gasteiger partial charge in [0, 0.05) is 12.6 Å². The van der Waals surface area contributed by atoms with Gasteiger partial charge in [-0.15, -0.1) is 0 Å². The summed E-state index contributed by atoms with van der Waals surface area (Å²) in [4.78, 5) is 12.0. The predicted octanol–water partition coefficient (Wildman–Crippen LogP) is 2.78. The van der Waals surface area contributed by atoms with Crippen LogP contribution in [-0.2, 0) is 11.3 Å². The normalized spacial score (nSPS) is 12.0. The van der Waals surface area contributed by atoms with Crippen LogP contribution < -0.4 is 10.1 Å². The predicted molar refractivity (Wildman–Crippen MR) is 96.6 cm³/mol. The van der Waals surface area contributed by atoms with Gasteiger partial charge in [0.25, 0.3) is 0 Å². The topological polar surface area (TPSA) is 67.8 Å². The zero-order valence-corrected chi connectivity index (χ0v) is 14.6. The quantitative estimate of drug-likeness (QED) is 0.685. The number of benzene rings is 2. The van der Waals surface area contributed by atoms with E-state index in [9.17, 15) is 9.90 Å². The molecule has 0 fully saturated rings. The fourth-order valence-corrected chi connectivity index (χ4v) is 2.11. The Morgan fingerprint density at radius 1 is 1.08 bits per heavy atom. The largest absolute Gasteiger partial charge is 0.489 e. The summed E-state index contributed by atoms with van der Waals surface area (Å²) in [5.41, 5.74) is 1.51. The lowest BCUT2D eigenvalue weighted by atomic mass is 10.2. The maximum Gasteiger partial charge on any atom is 0.338 e. The van der Waals surface area contributed by atoms with E-state index in [0.29, 0.717) is 24.5 Å². The van der Waals surface area contributed by atoms with Crippen LogP contribution in [-0.4, -0.2) is 36.4 Å². The first-order valence-electron chi connectivity index (χ1n) is 8.40. The summed E-state index contributed by atoms with van der Waals surface area (Å²) >= 11 is 0. The molecule has 0 heterocycles. The van der Waals surface area contributed by atoms with E-state index in [4.69, 9.17) is 9.47 Å². The molecule has 0 aliphatic rings. The molecule has 2 aromatic carbocycles. The highest BCUT2D eigenvalue weighted by Crippen LogP contribution is 2.15. The summed E-state index contributed by atoms with van der Waals surface area (Å²) in [5, 5.41) is 12.8. The van der Waals surface area contributed by atoms with E-state index in [1.165, 1.54) is 0 Å². The Hall–Kier alpha value is -2.37. The standard InChI is InChI=1S/C20H25NO4/c1-15(2)21-12-18(22)14-25-20(23)17-8-10-19(11-9-17)24-13-16-6-4-3-5-7-16/h3-11,15,18,21-22H,12-14H2,1-2H3/t18-/m1/s1. The molecular formula is C20H25NO4. The molecule has 0 aliphatic heterocycles. The van der Waals surface area contributed by atoms with Crippen molar-refractivity contribution in [2.45, 2.75) is 32.6 Å². The van der Waals surface area contributed by atoms with Crippen molar-refractivity contribution in [3.8, 4) is 5.75 Å². The second-order valence-corrected chi connectivity index (χ2v) is 6.11. The zero-order chi connectivity index (χ0) is 18.1. The number of aliphatic hydroxyl groups is 1. The summed E-state index contributed by atoms with van der Waals surface area (Å²) in [7, 11) is 0. The lowest BCUT2D eigenvalue weighted by Gasteiger charge is -2.14. The molecule has 1 atom stereocenters. The van der Waals surface area contributed by atoms with Crippen LogP contribution in [0.15, 0.2) is 54.6 Å². The van der Waals surface area contributed by atoms with Gasteiger partial charge >= 0.3 is 5.97 Å². The van der Waals surface area contributed by atoms with Crippen molar-refractivity contribution in [1.29, 1.82) is 0 Å². The van der Waals surface area contributed by atoms with Gasteiger partial charge in [0.2, 0.25) is 0 Å². The van der Waals surface area contributed by atoms with Crippen molar-refractivity contribution in [1.82, 2.24) is 5.32 Å². The smallest absolute Gasteiger partial charge is 0.338 e. The molecule has 0 saturated carbocycles. The number of esters is 1. The van der Waals surface area contributed by atoms with E-state index in [1.54, 1.807) is 24.3 Å². The highest BCUT2D eigenvalue weighted by atomic mass is 16.5. The summed E-state index contributed by atoms with van der Waals surface area (Å²) in [6, 6.07) is 16.9. The Bertz CT molecular complexity index is 641. The molecule has 2 N–H and O–H groups in total. The molecule has 2 aromatic rings. The van der Waals surface area contributed by atoms with Gasteiger partial charge in [-0.25, -0.2) is 4.79 Å². The van der Waals surface area contributed by atoms with Crippen molar-refractivity contribution in [2.24, 2.45) is 0 Å². The monoisotopic (exact) mass is 343 g/mol. The number of nitrogens with one attached hydrogen (secondary N) is 1. The van der Waals surface area contributed by atoms with Crippen molar-refractivity contribution in [3.05, 3.63) is 65.7 Å². The van der Waals surface area contributed by atoms with E-state index in [1.807, 2.05) is 44.2 Å². The van der Waals surface area contributed by atoms with Crippen LogP contribution in [0.5, 0.6) is 5.75 Å². The lowest BCUT2D eigenvalue weighted by Crippen LogP contribution is -2.35. The third-order valence-corrected chi connectivity index (χ3v) is 3.51. The molecule has 5 heteroatoms. The fraction of sp³-hybridized carbons (Fsp3) is 0.350. The zero-order valence-electron chi connectivity index (χ0n) is 14.6. The molecular weight excluding hydrogens is 318 g/mol. The Labute approximate surface area is 148 Å². The Morgan fingerprint density at radius 2 is 1.76 bits per heavy atom. The number of rotatable bonds is 9. The molecule has 0 aliphatic carbocycles. The van der Waals surface area contributed by atoms with E-state index in [-0.39, 0.29) is 12.6 Å². The Balaban J connectivity index is 1.77. The number of ether oxygens (including phenoxy) is 2. The Kier molecular flexibility index (Phi) is 7.44. The van der Waals surface area contributed by atoms with Crippen LogP contribution >= 0.6 is 0 Å². The molecule has 25 heavy (non-hydrogen) atoms. The van der Waals surface area contributed by atoms with Gasteiger partial charge in [-0.05, 0) is 29.8 Å². The van der Waals surface area contributed by atoms with Crippen LogP contribution in [0.25, 0.3) is 0 Å². The highest BCUT2D eigenvalue weighted by molar-refractivity contribution is 5.89. The average Bonchev–Trinajstić information content (AvgIpc) is 2.64. The average molecular weight is 343 g/mol. The van der Waals surface area contributed by atoms with E-state index >= 15 is 0 Å². The van der Waals surface area contributed by atoms with Crippen molar-refractivity contribution < 1.29 is 19.4 Å². The van der Waals surface area contributed by atoms with E-state index in [2.05, 4.69) is 5.32 Å². The van der Waals surface area contributed by atoms with Crippen molar-refractivity contribution in [2.75, 3.05) is 13.2 Å². The second-order valence-electron chi connectivity index (χ2n) is 6.11. The number of carbonyl (C=O) groups is 1. The van der Waals surface area contributed by atoms with Gasteiger partial charge in [0.1, 0.15) is 25.1 Å². The van der Waals surface area contributed by atoms with E-state index < -0.39 is 12.1 Å². The third kappa shape index (κ3) is 6.95. The number of aliphatic hydroxyl groups excluding tert-OH is 1. The highest BCUT2D eigenvalue weighted by Gasteiger charge is 2.11. The lowest BCUT2D eigenvalue weighted by molar-refractivity contribution is 0.0256. The number of hydrogen-bond acceptors (Lipinski definition) is 5. The minimum Gasteiger partial charge on any atom is -0.489 e. The second kappa shape index (κ2) is 9.81. The fourth-order valence-electron chi connectivity index (χ4n) is 2.11. The van der Waals surface area contributed by atoms with Crippen LogP contribution in [0.4, 0.5) is 0 Å². The van der Waals surface area contributed by atoms with Crippen LogP contribution in [0.1, 0.15) is 29.8 Å². The molecule has 0 amide bonds. The Morgan fingerprint density at radius 3 is 2.40 bits per heavy atom. The number of carbonyl (C=O) groups excluding carboxylic acids is 1. The van der Waals surface area contributed by atoms with Crippen LogP contribution in [0, 0.1) is 0 Å². The first kappa shape index (κ1) is 19.0. The van der Waals surface area contributed by atoms with Gasteiger partial charge in [-0.3, -0.25) is 0 Å². The molecule has 0 aromatic heterocycles. The molecule has 0 bridgehead atoms. The van der Waals surface area contributed by atoms with Gasteiger partial charge in [-0.1, -0.05) is 44.2 Å². The molecule has 0 spiro atoms. The maximum atomic E-state index is 12.0. The van der Waals surface area contributed by atoms with Crippen molar-refractivity contribution >= 4 is 5.97 Å². The summed E-state index contributed by atoms with van der Waals surface area (Å²) in [6.45, 7) is 4.79. The number of hydrogen-bond donors (Lipinski definition) is 2. The van der Waals surface area contributed by atoms with Gasteiger partial charge in [-0.2, -0.15) is 0 Å². The first-order chi connectivity index (χ1) is 12.0. The van der Waals surface area contributed by atoms with Gasteiger partial charge < -0.3 is 19.9 Å². The third-order valence-electron chi connectivity index (χ3n) is 3.51. The molecule has 2 rings (SSSR count). The minimum atomic E-state index is -0.722. The van der Waals surface area contributed by atoms with Crippen molar-refractivity contribution in [3.63, 3.8) is 0 Å². The summed E-state index contributed by atoms with van der Waals surface area (Å²) < 4.78 is 10.8. The molecule has 0 radical (unpaired) electrons.